The van der Waals surface area contributed by atoms with Crippen LogP contribution in [0, 0.1) is 0 Å². The normalized spacial score (nSPS) is 12.2. The van der Waals surface area contributed by atoms with Crippen molar-refractivity contribution in [2.75, 3.05) is 7.11 Å². The fraction of sp³-hybridized carbons (Fsp3) is 0.0909. The number of ether oxygens (including phenoxy) is 1. The number of methoxy groups -OCH3 is 1. The van der Waals surface area contributed by atoms with E-state index in [9.17, 15) is 4.79 Å². The maximum absolute atomic E-state index is 11.9. The third kappa shape index (κ3) is 1.64. The van der Waals surface area contributed by atoms with E-state index in [1.807, 2.05) is 0 Å². The largest absolute Gasteiger partial charge is 0.497 e. The second-order valence-electron chi connectivity index (χ2n) is 3.99. The van der Waals surface area contributed by atoms with Gasteiger partial charge in [-0.3, -0.25) is 9.89 Å². The highest BCUT2D eigenvalue weighted by Crippen LogP contribution is 2.20. The van der Waals surface area contributed by atoms with Crippen LogP contribution in [0.25, 0.3) is 16.8 Å². The Morgan fingerprint density at radius 1 is 1.50 bits per heavy atom. The van der Waals surface area contributed by atoms with E-state index in [1.165, 1.54) is 4.52 Å². The lowest BCUT2D eigenvalue weighted by atomic mass is 10.3. The van der Waals surface area contributed by atoms with Crippen molar-refractivity contribution >= 4 is 22.6 Å². The molecule has 0 atom stereocenters. The van der Waals surface area contributed by atoms with Gasteiger partial charge in [-0.2, -0.15) is 0 Å². The number of H-pyrrole nitrogens is 1. The molecule has 0 fully saturated rings. The number of nitrogens with zero attached hydrogens (tertiary/aromatic N) is 4. The van der Waals surface area contributed by atoms with E-state index in [-0.39, 0.29) is 17.3 Å². The van der Waals surface area contributed by atoms with Gasteiger partial charge in [0.25, 0.3) is 11.3 Å². The lowest BCUT2D eigenvalue weighted by Gasteiger charge is -2.00. The molecule has 3 rings (SSSR count). The van der Waals surface area contributed by atoms with Crippen molar-refractivity contribution in [2.45, 2.75) is 0 Å². The smallest absolute Gasteiger partial charge is 0.292 e. The summed E-state index contributed by atoms with van der Waals surface area (Å²) >= 11 is 0. The van der Waals surface area contributed by atoms with Gasteiger partial charge in [0.1, 0.15) is 5.75 Å². The summed E-state index contributed by atoms with van der Waals surface area (Å²) in [6.45, 7) is 0. The second-order valence-corrected chi connectivity index (χ2v) is 3.99. The van der Waals surface area contributed by atoms with Crippen molar-refractivity contribution in [3.63, 3.8) is 0 Å². The molecule has 2 heterocycles. The molecule has 0 bridgehead atoms. The maximum Gasteiger partial charge on any atom is 0.292 e. The van der Waals surface area contributed by atoms with Crippen molar-refractivity contribution in [2.24, 2.45) is 10.9 Å². The minimum atomic E-state index is -0.588. The van der Waals surface area contributed by atoms with Crippen LogP contribution in [0.4, 0.5) is 0 Å². The Hall–Kier alpha value is -3.10. The molecule has 0 saturated carbocycles. The van der Waals surface area contributed by atoms with Crippen molar-refractivity contribution in [1.82, 2.24) is 19.6 Å². The second kappa shape index (κ2) is 4.23. The van der Waals surface area contributed by atoms with Crippen LogP contribution in [0.1, 0.15) is 5.69 Å². The summed E-state index contributed by atoms with van der Waals surface area (Å²) in [5.41, 5.74) is 5.87. The standard InChI is InChI=1S/C11H10N6O3/c1-20-5-2-3-6-7(4-5)17-11(13-6)14-8(9(12)16-19)10(18)15-17/h2-4,19H,1H3,(H2,12,16)(H,15,18). The number of fused-ring (bicyclic) bond motifs is 3. The molecule has 102 valence electrons. The van der Waals surface area contributed by atoms with Crippen molar-refractivity contribution < 1.29 is 9.94 Å². The molecule has 0 aliphatic rings. The lowest BCUT2D eigenvalue weighted by molar-refractivity contribution is 0.318. The molecule has 2 aromatic heterocycles. The molecule has 0 spiro atoms. The highest BCUT2D eigenvalue weighted by Gasteiger charge is 2.13. The highest BCUT2D eigenvalue weighted by atomic mass is 16.5. The molecule has 0 amide bonds. The summed E-state index contributed by atoms with van der Waals surface area (Å²) in [4.78, 5) is 20.1. The first-order chi connectivity index (χ1) is 9.63. The van der Waals surface area contributed by atoms with Crippen LogP contribution in [-0.2, 0) is 0 Å². The number of nitrogens with two attached hydrogens (primary N) is 1. The number of aromatic nitrogens is 4. The predicted octanol–water partition coefficient (Wildman–Crippen LogP) is -0.326. The molecule has 4 N–H and O–H groups in total. The molecular formula is C11H10N6O3. The van der Waals surface area contributed by atoms with Crippen molar-refractivity contribution in [3.8, 4) is 5.75 Å². The molecule has 0 saturated heterocycles. The van der Waals surface area contributed by atoms with Crippen molar-refractivity contribution in [3.05, 3.63) is 34.2 Å². The average molecular weight is 274 g/mol. The third-order valence-electron chi connectivity index (χ3n) is 2.83. The number of amidine groups is 1. The fourth-order valence-electron chi connectivity index (χ4n) is 1.88. The van der Waals surface area contributed by atoms with Crippen LogP contribution in [-0.4, -0.2) is 37.7 Å². The first kappa shape index (κ1) is 12.0. The number of aromatic amines is 1. The van der Waals surface area contributed by atoms with Crippen LogP contribution >= 0.6 is 0 Å². The van der Waals surface area contributed by atoms with Gasteiger partial charge in [-0.05, 0) is 12.1 Å². The summed E-state index contributed by atoms with van der Waals surface area (Å²) < 4.78 is 6.54. The van der Waals surface area contributed by atoms with Crippen LogP contribution in [0.2, 0.25) is 0 Å². The van der Waals surface area contributed by atoms with Gasteiger partial charge in [0.05, 0.1) is 18.1 Å². The van der Waals surface area contributed by atoms with Gasteiger partial charge >= 0.3 is 0 Å². The van der Waals surface area contributed by atoms with E-state index in [0.717, 1.165) is 0 Å². The Bertz CT molecular complexity index is 894. The third-order valence-corrected chi connectivity index (χ3v) is 2.83. The zero-order valence-corrected chi connectivity index (χ0v) is 10.4. The van der Waals surface area contributed by atoms with E-state index >= 15 is 0 Å². The minimum Gasteiger partial charge on any atom is -0.497 e. The van der Waals surface area contributed by atoms with Crippen LogP contribution < -0.4 is 16.0 Å². The SMILES string of the molecule is COc1ccc2nc3nc(/C(N)=N/O)c(=O)[nH]n3c2c1. The molecule has 0 aliphatic carbocycles. The van der Waals surface area contributed by atoms with E-state index in [2.05, 4.69) is 20.2 Å². The number of benzene rings is 1. The quantitative estimate of drug-likeness (QED) is 0.254. The summed E-state index contributed by atoms with van der Waals surface area (Å²) in [5, 5.41) is 13.9. The van der Waals surface area contributed by atoms with Gasteiger partial charge < -0.3 is 15.7 Å². The number of oxime groups is 1. The minimum absolute atomic E-state index is 0.192. The number of hydrogen-bond donors (Lipinski definition) is 3. The first-order valence-corrected chi connectivity index (χ1v) is 5.58. The zero-order valence-electron chi connectivity index (χ0n) is 10.4. The number of hydrogen-bond acceptors (Lipinski definition) is 6. The van der Waals surface area contributed by atoms with Crippen LogP contribution in [0.5, 0.6) is 5.75 Å². The number of imidazole rings is 1. The lowest BCUT2D eigenvalue weighted by Crippen LogP contribution is -2.28. The molecule has 3 aromatic rings. The van der Waals surface area contributed by atoms with Gasteiger partial charge in [0.2, 0.25) is 0 Å². The highest BCUT2D eigenvalue weighted by molar-refractivity contribution is 5.95. The van der Waals surface area contributed by atoms with Gasteiger partial charge in [0.15, 0.2) is 11.5 Å². The van der Waals surface area contributed by atoms with Gasteiger partial charge in [0, 0.05) is 6.07 Å². The predicted molar refractivity (Wildman–Crippen MR) is 70.2 cm³/mol. The van der Waals surface area contributed by atoms with E-state index < -0.39 is 5.56 Å². The monoisotopic (exact) mass is 274 g/mol. The molecule has 20 heavy (non-hydrogen) atoms. The Labute approximate surface area is 111 Å². The Balaban J connectivity index is 2.38. The van der Waals surface area contributed by atoms with Crippen LogP contribution in [0.3, 0.4) is 0 Å². The van der Waals surface area contributed by atoms with Gasteiger partial charge in [-0.25, -0.2) is 14.5 Å². The fourth-order valence-corrected chi connectivity index (χ4v) is 1.88. The van der Waals surface area contributed by atoms with E-state index in [4.69, 9.17) is 15.7 Å². The van der Waals surface area contributed by atoms with Gasteiger partial charge in [-0.15, -0.1) is 0 Å². The summed E-state index contributed by atoms with van der Waals surface area (Å²) in [6.07, 6.45) is 0. The maximum atomic E-state index is 11.9. The van der Waals surface area contributed by atoms with Crippen molar-refractivity contribution in [1.29, 1.82) is 0 Å². The molecule has 0 unspecified atom stereocenters. The molecule has 9 nitrogen and oxygen atoms in total. The Morgan fingerprint density at radius 2 is 2.30 bits per heavy atom. The summed E-state index contributed by atoms with van der Waals surface area (Å²) in [6, 6.07) is 5.21. The van der Waals surface area contributed by atoms with E-state index in [1.54, 1.807) is 25.3 Å². The topological polar surface area (TPSA) is 131 Å². The average Bonchev–Trinajstić information content (AvgIpc) is 2.82. The summed E-state index contributed by atoms with van der Waals surface area (Å²) in [5.74, 6) is 0.480. The Morgan fingerprint density at radius 3 is 3.00 bits per heavy atom. The van der Waals surface area contributed by atoms with Crippen LogP contribution in [0.15, 0.2) is 28.1 Å². The molecule has 9 heteroatoms. The number of rotatable bonds is 2. The zero-order chi connectivity index (χ0) is 14.3. The molecule has 0 aliphatic heterocycles. The molecule has 1 aromatic carbocycles. The first-order valence-electron chi connectivity index (χ1n) is 5.58. The molecule has 0 radical (unpaired) electrons. The summed E-state index contributed by atoms with van der Waals surface area (Å²) in [7, 11) is 1.54. The molecular weight excluding hydrogens is 264 g/mol. The van der Waals surface area contributed by atoms with E-state index in [0.29, 0.717) is 16.8 Å². The number of nitrogens with one attached hydrogen (secondary N) is 1. The Kier molecular flexibility index (Phi) is 2.53. The van der Waals surface area contributed by atoms with Gasteiger partial charge in [-0.1, -0.05) is 5.16 Å².